The summed E-state index contributed by atoms with van der Waals surface area (Å²) in [6, 6.07) is 11.0. The molecule has 0 aliphatic rings. The predicted molar refractivity (Wildman–Crippen MR) is 115 cm³/mol. The van der Waals surface area contributed by atoms with Crippen LogP contribution in [-0.2, 0) is 10.5 Å². The molecule has 3 rings (SSSR count). The number of esters is 1. The number of rotatable bonds is 8. The Morgan fingerprint density at radius 3 is 2.47 bits per heavy atom. The predicted octanol–water partition coefficient (Wildman–Crippen LogP) is 4.05. The number of halogens is 1. The van der Waals surface area contributed by atoms with E-state index in [9.17, 15) is 4.79 Å². The van der Waals surface area contributed by atoms with Gasteiger partial charge in [-0.25, -0.2) is 0 Å². The second-order valence-electron chi connectivity index (χ2n) is 5.97. The number of aromatic nitrogens is 3. The van der Waals surface area contributed by atoms with Crippen LogP contribution in [0.3, 0.4) is 0 Å². The molecule has 0 aliphatic heterocycles. The van der Waals surface area contributed by atoms with Crippen molar-refractivity contribution in [3.8, 4) is 17.2 Å². The Labute approximate surface area is 182 Å². The number of ether oxygens (including phenoxy) is 3. The van der Waals surface area contributed by atoms with Gasteiger partial charge in [0.05, 0.1) is 20.4 Å². The average Bonchev–Trinajstić information content (AvgIpc) is 3.19. The molecule has 1 heterocycles. The second-order valence-corrected chi connectivity index (χ2v) is 7.34. The number of thioether (sulfide) groups is 1. The van der Waals surface area contributed by atoms with E-state index in [1.165, 1.54) is 39.2 Å². The number of benzene rings is 2. The van der Waals surface area contributed by atoms with E-state index in [1.54, 1.807) is 23.0 Å². The van der Waals surface area contributed by atoms with Crippen molar-refractivity contribution < 1.29 is 19.0 Å². The summed E-state index contributed by atoms with van der Waals surface area (Å²) in [7, 11) is 2.96. The molecule has 0 aliphatic carbocycles. The SMILES string of the molecule is COc1cc(/C=N/n2cnnc2SCc2ccc(Cl)cc2)cc(OC)c1OC(C)=O. The third-order valence-corrected chi connectivity index (χ3v) is 5.10. The molecule has 0 radical (unpaired) electrons. The molecular formula is C20H19ClN4O4S. The zero-order valence-electron chi connectivity index (χ0n) is 16.5. The monoisotopic (exact) mass is 446 g/mol. The van der Waals surface area contributed by atoms with Crippen molar-refractivity contribution in [2.75, 3.05) is 14.2 Å². The lowest BCUT2D eigenvalue weighted by molar-refractivity contribution is -0.132. The van der Waals surface area contributed by atoms with E-state index in [-0.39, 0.29) is 5.75 Å². The van der Waals surface area contributed by atoms with Crippen LogP contribution in [0.15, 0.2) is 53.0 Å². The molecule has 8 nitrogen and oxygen atoms in total. The molecule has 0 spiro atoms. The zero-order valence-corrected chi connectivity index (χ0v) is 18.1. The lowest BCUT2D eigenvalue weighted by Gasteiger charge is -2.13. The number of nitrogens with zero attached hydrogens (tertiary/aromatic N) is 4. The highest BCUT2D eigenvalue weighted by atomic mass is 35.5. The first-order valence-electron chi connectivity index (χ1n) is 8.76. The lowest BCUT2D eigenvalue weighted by Crippen LogP contribution is -2.05. The highest BCUT2D eigenvalue weighted by Gasteiger charge is 2.15. The first-order valence-corrected chi connectivity index (χ1v) is 10.1. The fraction of sp³-hybridized carbons (Fsp3) is 0.200. The Balaban J connectivity index is 1.78. The molecule has 0 saturated carbocycles. The maximum Gasteiger partial charge on any atom is 0.308 e. The maximum atomic E-state index is 11.3. The van der Waals surface area contributed by atoms with E-state index in [4.69, 9.17) is 25.8 Å². The van der Waals surface area contributed by atoms with Crippen LogP contribution in [0.4, 0.5) is 0 Å². The van der Waals surface area contributed by atoms with E-state index in [2.05, 4.69) is 15.3 Å². The molecule has 156 valence electrons. The van der Waals surface area contributed by atoms with Crippen molar-refractivity contribution in [1.29, 1.82) is 0 Å². The summed E-state index contributed by atoms with van der Waals surface area (Å²) < 4.78 is 17.4. The van der Waals surface area contributed by atoms with Crippen LogP contribution in [0.25, 0.3) is 0 Å². The molecule has 0 N–H and O–H groups in total. The van der Waals surface area contributed by atoms with Crippen LogP contribution in [0.2, 0.25) is 5.02 Å². The minimum absolute atomic E-state index is 0.216. The van der Waals surface area contributed by atoms with Crippen molar-refractivity contribution in [1.82, 2.24) is 14.9 Å². The largest absolute Gasteiger partial charge is 0.493 e. The van der Waals surface area contributed by atoms with Crippen LogP contribution >= 0.6 is 23.4 Å². The number of hydrogen-bond donors (Lipinski definition) is 0. The molecular weight excluding hydrogens is 428 g/mol. The fourth-order valence-corrected chi connectivity index (χ4v) is 3.42. The smallest absolute Gasteiger partial charge is 0.308 e. The lowest BCUT2D eigenvalue weighted by atomic mass is 10.2. The molecule has 30 heavy (non-hydrogen) atoms. The van der Waals surface area contributed by atoms with Gasteiger partial charge in [-0.2, -0.15) is 9.78 Å². The van der Waals surface area contributed by atoms with Crippen molar-refractivity contribution >= 4 is 35.5 Å². The van der Waals surface area contributed by atoms with E-state index >= 15 is 0 Å². The van der Waals surface area contributed by atoms with Gasteiger partial charge in [-0.3, -0.25) is 4.79 Å². The third-order valence-electron chi connectivity index (χ3n) is 3.84. The van der Waals surface area contributed by atoms with Crippen LogP contribution in [0, 0.1) is 0 Å². The van der Waals surface area contributed by atoms with Crippen LogP contribution in [0.1, 0.15) is 18.1 Å². The molecule has 0 bridgehead atoms. The zero-order chi connectivity index (χ0) is 21.5. The van der Waals surface area contributed by atoms with Gasteiger partial charge < -0.3 is 14.2 Å². The minimum Gasteiger partial charge on any atom is -0.493 e. The Kier molecular flexibility index (Phi) is 7.31. The molecule has 0 fully saturated rings. The Morgan fingerprint density at radius 1 is 1.20 bits per heavy atom. The first-order chi connectivity index (χ1) is 14.5. The van der Waals surface area contributed by atoms with Gasteiger partial charge in [0, 0.05) is 23.3 Å². The molecule has 0 atom stereocenters. The van der Waals surface area contributed by atoms with Gasteiger partial charge in [-0.1, -0.05) is 35.5 Å². The summed E-state index contributed by atoms with van der Waals surface area (Å²) in [5.74, 6) is 1.15. The van der Waals surface area contributed by atoms with Crippen LogP contribution in [-0.4, -0.2) is 41.3 Å². The van der Waals surface area contributed by atoms with Crippen molar-refractivity contribution in [3.63, 3.8) is 0 Å². The van der Waals surface area contributed by atoms with E-state index in [0.717, 1.165) is 5.56 Å². The van der Waals surface area contributed by atoms with Crippen molar-refractivity contribution in [2.24, 2.45) is 5.10 Å². The summed E-state index contributed by atoms with van der Waals surface area (Å²) in [5, 5.41) is 13.8. The van der Waals surface area contributed by atoms with Gasteiger partial charge >= 0.3 is 5.97 Å². The standard InChI is InChI=1S/C20H19ClN4O4S/c1-13(26)29-19-17(27-2)8-15(9-18(19)28-3)10-23-25-12-22-24-20(25)30-11-14-4-6-16(21)7-5-14/h4-10,12H,11H2,1-3H3/b23-10+. The molecule has 10 heteroatoms. The Bertz CT molecular complexity index is 1030. The fourth-order valence-electron chi connectivity index (χ4n) is 2.47. The van der Waals surface area contributed by atoms with Gasteiger partial charge in [0.1, 0.15) is 6.33 Å². The number of carbonyl (C=O) groups is 1. The van der Waals surface area contributed by atoms with Crippen LogP contribution < -0.4 is 14.2 Å². The van der Waals surface area contributed by atoms with Gasteiger partial charge in [-0.05, 0) is 29.8 Å². The summed E-state index contributed by atoms with van der Waals surface area (Å²) >= 11 is 7.42. The maximum absolute atomic E-state index is 11.3. The summed E-state index contributed by atoms with van der Waals surface area (Å²) in [5.41, 5.74) is 1.79. The first kappa shape index (κ1) is 21.7. The number of carbonyl (C=O) groups excluding carboxylic acids is 1. The van der Waals surface area contributed by atoms with E-state index < -0.39 is 5.97 Å². The van der Waals surface area contributed by atoms with Gasteiger partial charge in [0.25, 0.3) is 0 Å². The molecule has 0 unspecified atom stereocenters. The quantitative estimate of drug-likeness (QED) is 0.223. The average molecular weight is 447 g/mol. The van der Waals surface area contributed by atoms with Crippen molar-refractivity contribution in [3.05, 3.63) is 58.9 Å². The topological polar surface area (TPSA) is 87.8 Å². The van der Waals surface area contributed by atoms with Gasteiger partial charge in [-0.15, -0.1) is 10.2 Å². The third kappa shape index (κ3) is 5.52. The van der Waals surface area contributed by atoms with E-state index in [0.29, 0.717) is 33.0 Å². The highest BCUT2D eigenvalue weighted by molar-refractivity contribution is 7.98. The summed E-state index contributed by atoms with van der Waals surface area (Å²) in [4.78, 5) is 11.3. The molecule has 0 amide bonds. The van der Waals surface area contributed by atoms with Crippen LogP contribution in [0.5, 0.6) is 17.2 Å². The number of methoxy groups -OCH3 is 2. The summed E-state index contributed by atoms with van der Waals surface area (Å²) in [6.07, 6.45) is 3.13. The molecule has 2 aromatic carbocycles. The normalized spacial score (nSPS) is 10.9. The highest BCUT2D eigenvalue weighted by Crippen LogP contribution is 2.38. The Hall–Kier alpha value is -3.04. The second kappa shape index (κ2) is 10.1. The molecule has 1 aromatic heterocycles. The van der Waals surface area contributed by atoms with Gasteiger partial charge in [0.2, 0.25) is 10.9 Å². The van der Waals surface area contributed by atoms with E-state index in [1.807, 2.05) is 24.3 Å². The molecule has 0 saturated heterocycles. The van der Waals surface area contributed by atoms with Gasteiger partial charge in [0.15, 0.2) is 11.5 Å². The summed E-state index contributed by atoms with van der Waals surface area (Å²) in [6.45, 7) is 1.31. The minimum atomic E-state index is -0.472. The van der Waals surface area contributed by atoms with Crippen molar-refractivity contribution in [2.45, 2.75) is 17.8 Å². The molecule has 3 aromatic rings. The Morgan fingerprint density at radius 2 is 1.87 bits per heavy atom. The number of hydrogen-bond acceptors (Lipinski definition) is 8.